The van der Waals surface area contributed by atoms with Crippen LogP contribution in [0, 0.1) is 5.92 Å². The second kappa shape index (κ2) is 12.7. The quantitative estimate of drug-likeness (QED) is 0.298. The number of hydrogen-bond donors (Lipinski definition) is 2. The van der Waals surface area contributed by atoms with Crippen molar-refractivity contribution in [1.29, 1.82) is 0 Å². The molecule has 2 N–H and O–H groups in total. The number of nitrogens with zero attached hydrogens (tertiary/aromatic N) is 5. The van der Waals surface area contributed by atoms with Crippen molar-refractivity contribution in [3.63, 3.8) is 0 Å². The molecule has 0 spiro atoms. The molecule has 0 fully saturated rings. The van der Waals surface area contributed by atoms with E-state index in [2.05, 4.69) is 25.4 Å². The number of hydrogen-bond acceptors (Lipinski definition) is 11. The zero-order chi connectivity index (χ0) is 31.4. The standard InChI is InChI=1S/C26H27F3N6O7S/c1-40-17-10-16(11-18(12-17)41-2)32-25-31-14-20(22(33-25)35-6-5-21(34-35)26(27,28)29)15-9-19(24(36)37)23(30-13-15)42-7-4-8-43(3,38)39/h5-6,10-14,19H,4,7-9H2,1-3H3,(H,36,37)(H,31,32,33). The summed E-state index contributed by atoms with van der Waals surface area (Å²) in [6.45, 7) is -0.0733. The van der Waals surface area contributed by atoms with E-state index in [4.69, 9.17) is 14.2 Å². The minimum atomic E-state index is -4.72. The molecule has 13 nitrogen and oxygen atoms in total. The maximum Gasteiger partial charge on any atom is 0.435 e. The largest absolute Gasteiger partial charge is 0.497 e. The van der Waals surface area contributed by atoms with Crippen LogP contribution in [-0.2, 0) is 25.5 Å². The Morgan fingerprint density at radius 2 is 1.88 bits per heavy atom. The maximum absolute atomic E-state index is 13.4. The van der Waals surface area contributed by atoms with Gasteiger partial charge in [0.05, 0.1) is 26.6 Å². The molecule has 0 radical (unpaired) electrons. The van der Waals surface area contributed by atoms with Gasteiger partial charge in [0.1, 0.15) is 27.3 Å². The summed E-state index contributed by atoms with van der Waals surface area (Å²) in [6, 6.07) is 5.67. The number of aromatic nitrogens is 4. The molecule has 3 heterocycles. The zero-order valence-electron chi connectivity index (χ0n) is 23.1. The number of benzene rings is 1. The van der Waals surface area contributed by atoms with Gasteiger partial charge in [-0.15, -0.1) is 0 Å². The van der Waals surface area contributed by atoms with E-state index in [1.165, 1.54) is 26.6 Å². The van der Waals surface area contributed by atoms with Crippen LogP contribution in [0.25, 0.3) is 11.4 Å². The SMILES string of the molecule is COc1cc(Nc2ncc(C3=CN=C(OCCCS(C)(=O)=O)C(C(=O)O)C3)c(-n3ccc(C(F)(F)F)n3)n2)cc(OC)c1. The summed E-state index contributed by atoms with van der Waals surface area (Å²) in [4.78, 5) is 24.9. The van der Waals surface area contributed by atoms with Crippen molar-refractivity contribution in [2.24, 2.45) is 10.9 Å². The third-order valence-corrected chi connectivity index (χ3v) is 7.13. The molecule has 3 aromatic rings. The Labute approximate surface area is 244 Å². The van der Waals surface area contributed by atoms with E-state index in [9.17, 15) is 31.5 Å². The summed E-state index contributed by atoms with van der Waals surface area (Å²) in [6.07, 6.45) is 0.0208. The van der Waals surface area contributed by atoms with Gasteiger partial charge in [-0.1, -0.05) is 0 Å². The molecule has 1 aromatic carbocycles. The number of aliphatic carboxylic acids is 1. The molecule has 0 bridgehead atoms. The molecular weight excluding hydrogens is 597 g/mol. The number of allylic oxidation sites excluding steroid dienone is 1. The molecule has 4 rings (SSSR count). The first-order chi connectivity index (χ1) is 20.3. The number of sulfone groups is 1. The van der Waals surface area contributed by atoms with Crippen LogP contribution in [-0.4, -0.2) is 78.0 Å². The molecular formula is C26H27F3N6O7S. The highest BCUT2D eigenvalue weighted by atomic mass is 32.2. The minimum absolute atomic E-state index is 0.0114. The summed E-state index contributed by atoms with van der Waals surface area (Å²) >= 11 is 0. The fraction of sp³-hybridized carbons (Fsp3) is 0.346. The molecule has 1 unspecified atom stereocenters. The van der Waals surface area contributed by atoms with E-state index in [-0.39, 0.29) is 48.4 Å². The van der Waals surface area contributed by atoms with Gasteiger partial charge >= 0.3 is 12.1 Å². The lowest BCUT2D eigenvalue weighted by Gasteiger charge is -2.22. The van der Waals surface area contributed by atoms with Gasteiger partial charge in [0, 0.05) is 54.3 Å². The van der Waals surface area contributed by atoms with Crippen LogP contribution in [0.3, 0.4) is 0 Å². The van der Waals surface area contributed by atoms with E-state index in [0.29, 0.717) is 22.8 Å². The lowest BCUT2D eigenvalue weighted by Crippen LogP contribution is -2.29. The average Bonchev–Trinajstić information content (AvgIpc) is 3.46. The Bertz CT molecular complexity index is 1650. The van der Waals surface area contributed by atoms with Crippen molar-refractivity contribution in [2.75, 3.05) is 38.2 Å². The van der Waals surface area contributed by atoms with Gasteiger partial charge < -0.3 is 24.6 Å². The van der Waals surface area contributed by atoms with Gasteiger partial charge in [0.25, 0.3) is 0 Å². The van der Waals surface area contributed by atoms with Gasteiger partial charge in [0.15, 0.2) is 11.5 Å². The fourth-order valence-electron chi connectivity index (χ4n) is 4.04. The van der Waals surface area contributed by atoms with Crippen LogP contribution >= 0.6 is 0 Å². The molecule has 17 heteroatoms. The van der Waals surface area contributed by atoms with Crippen molar-refractivity contribution >= 4 is 38.9 Å². The smallest absolute Gasteiger partial charge is 0.435 e. The lowest BCUT2D eigenvalue weighted by molar-refractivity contribution is -0.141. The summed E-state index contributed by atoms with van der Waals surface area (Å²) in [5, 5.41) is 16.4. The molecule has 0 saturated carbocycles. The Morgan fingerprint density at radius 3 is 2.47 bits per heavy atom. The van der Waals surface area contributed by atoms with Crippen LogP contribution < -0.4 is 14.8 Å². The van der Waals surface area contributed by atoms with Crippen LogP contribution in [0.2, 0.25) is 0 Å². The second-order valence-corrected chi connectivity index (χ2v) is 11.6. The highest BCUT2D eigenvalue weighted by molar-refractivity contribution is 7.90. The Kier molecular flexibility index (Phi) is 9.22. The third kappa shape index (κ3) is 8.00. The number of methoxy groups -OCH3 is 2. The highest BCUT2D eigenvalue weighted by Gasteiger charge is 2.35. The summed E-state index contributed by atoms with van der Waals surface area (Å²) in [7, 11) is -0.295. The van der Waals surface area contributed by atoms with Crippen molar-refractivity contribution in [3.8, 4) is 17.3 Å². The molecule has 1 aliphatic rings. The Morgan fingerprint density at radius 1 is 1.19 bits per heavy atom. The van der Waals surface area contributed by atoms with Crippen LogP contribution in [0.1, 0.15) is 24.1 Å². The lowest BCUT2D eigenvalue weighted by atomic mass is 9.93. The van der Waals surface area contributed by atoms with Crippen molar-refractivity contribution in [2.45, 2.75) is 19.0 Å². The molecule has 1 aliphatic heterocycles. The van der Waals surface area contributed by atoms with Gasteiger partial charge in [-0.3, -0.25) is 4.79 Å². The number of aliphatic imine (C=N–C) groups is 1. The average molecular weight is 625 g/mol. The Balaban J connectivity index is 1.72. The molecule has 1 atom stereocenters. The molecule has 0 saturated heterocycles. The predicted molar refractivity (Wildman–Crippen MR) is 148 cm³/mol. The van der Waals surface area contributed by atoms with Crippen molar-refractivity contribution in [3.05, 3.63) is 54.1 Å². The zero-order valence-corrected chi connectivity index (χ0v) is 23.9. The normalized spacial score (nSPS) is 15.3. The van der Waals surface area contributed by atoms with E-state index in [1.54, 1.807) is 18.2 Å². The minimum Gasteiger partial charge on any atom is -0.497 e. The topological polar surface area (TPSA) is 167 Å². The fourth-order valence-corrected chi connectivity index (χ4v) is 4.68. The number of anilines is 2. The van der Waals surface area contributed by atoms with Crippen molar-refractivity contribution in [1.82, 2.24) is 19.7 Å². The number of carboxylic acids is 1. The van der Waals surface area contributed by atoms with Gasteiger partial charge in [-0.05, 0) is 24.5 Å². The second-order valence-electron chi connectivity index (χ2n) is 9.35. The first kappa shape index (κ1) is 31.3. The number of nitrogens with one attached hydrogen (secondary N) is 1. The predicted octanol–water partition coefficient (Wildman–Crippen LogP) is 3.74. The van der Waals surface area contributed by atoms with Crippen LogP contribution in [0.4, 0.5) is 24.8 Å². The number of carbonyl (C=O) groups is 1. The van der Waals surface area contributed by atoms with Gasteiger partial charge in [-0.25, -0.2) is 23.1 Å². The monoisotopic (exact) mass is 624 g/mol. The van der Waals surface area contributed by atoms with Gasteiger partial charge in [-0.2, -0.15) is 23.3 Å². The molecule has 43 heavy (non-hydrogen) atoms. The summed E-state index contributed by atoms with van der Waals surface area (Å²) in [5.74, 6) is -1.97. The summed E-state index contributed by atoms with van der Waals surface area (Å²) < 4.78 is 79.7. The highest BCUT2D eigenvalue weighted by Crippen LogP contribution is 2.34. The molecule has 0 aliphatic carbocycles. The van der Waals surface area contributed by atoms with Crippen LogP contribution in [0.5, 0.6) is 11.5 Å². The maximum atomic E-state index is 13.4. The molecule has 0 amide bonds. The number of carboxylic acid groups (broad SMARTS) is 1. The first-order valence-corrected chi connectivity index (χ1v) is 14.6. The first-order valence-electron chi connectivity index (χ1n) is 12.6. The van der Waals surface area contributed by atoms with Gasteiger partial charge in [0.2, 0.25) is 11.8 Å². The van der Waals surface area contributed by atoms with E-state index < -0.39 is 33.6 Å². The van der Waals surface area contributed by atoms with Crippen molar-refractivity contribution < 1.29 is 45.7 Å². The summed E-state index contributed by atoms with van der Waals surface area (Å²) in [5.41, 5.74) is -0.231. The van der Waals surface area contributed by atoms with E-state index >= 15 is 0 Å². The van der Waals surface area contributed by atoms with E-state index in [0.717, 1.165) is 23.2 Å². The number of halogens is 3. The number of rotatable bonds is 11. The molecule has 230 valence electrons. The van der Waals surface area contributed by atoms with Crippen LogP contribution in [0.15, 0.2) is 47.9 Å². The molecule has 2 aromatic heterocycles. The number of alkyl halides is 3. The third-order valence-electron chi connectivity index (χ3n) is 6.10. The Hall–Kier alpha value is -4.67. The van der Waals surface area contributed by atoms with E-state index in [1.807, 2.05) is 0 Å². The number of ether oxygens (including phenoxy) is 3.